The molecule has 2 aliphatic rings. The van der Waals surface area contributed by atoms with Crippen LogP contribution in [0.3, 0.4) is 0 Å². The monoisotopic (exact) mass is 350 g/mol. The summed E-state index contributed by atoms with van der Waals surface area (Å²) in [7, 11) is 0. The predicted octanol–water partition coefficient (Wildman–Crippen LogP) is 2.00. The summed E-state index contributed by atoms with van der Waals surface area (Å²) in [6.07, 6.45) is 3.37. The minimum absolute atomic E-state index is 0.144. The first-order valence-corrected chi connectivity index (χ1v) is 9.16. The first-order valence-electron chi connectivity index (χ1n) is 8.78. The van der Waals surface area contributed by atoms with Crippen molar-refractivity contribution >= 4 is 17.6 Å². The molecule has 0 unspecified atom stereocenters. The molecule has 5 nitrogen and oxygen atoms in total. The van der Waals surface area contributed by atoms with Crippen LogP contribution in [-0.2, 0) is 10.2 Å². The van der Waals surface area contributed by atoms with E-state index in [2.05, 4.69) is 27.3 Å². The Hall–Kier alpha value is -1.30. The lowest BCUT2D eigenvalue weighted by atomic mass is 9.96. The van der Waals surface area contributed by atoms with Gasteiger partial charge in [0.25, 0.3) is 0 Å². The lowest BCUT2D eigenvalue weighted by molar-refractivity contribution is 0.0376. The van der Waals surface area contributed by atoms with Crippen molar-refractivity contribution in [3.8, 4) is 0 Å². The molecule has 1 aliphatic heterocycles. The Kier molecular flexibility index (Phi) is 5.98. The Morgan fingerprint density at radius 2 is 2.12 bits per heavy atom. The molecule has 6 heteroatoms. The van der Waals surface area contributed by atoms with Gasteiger partial charge in [-0.3, -0.25) is 9.89 Å². The molecule has 1 aromatic carbocycles. The molecule has 3 rings (SSSR count). The van der Waals surface area contributed by atoms with E-state index in [9.17, 15) is 0 Å². The summed E-state index contributed by atoms with van der Waals surface area (Å²) in [4.78, 5) is 6.98. The zero-order chi connectivity index (χ0) is 16.8. The summed E-state index contributed by atoms with van der Waals surface area (Å²) in [6, 6.07) is 8.11. The van der Waals surface area contributed by atoms with Crippen LogP contribution in [0.25, 0.3) is 0 Å². The van der Waals surface area contributed by atoms with Crippen LogP contribution in [0.15, 0.2) is 29.3 Å². The van der Waals surface area contributed by atoms with Gasteiger partial charge in [-0.05, 0) is 43.5 Å². The highest BCUT2D eigenvalue weighted by molar-refractivity contribution is 6.30. The average Bonchev–Trinajstić information content (AvgIpc) is 3.39. The van der Waals surface area contributed by atoms with Gasteiger partial charge in [-0.1, -0.05) is 23.7 Å². The highest BCUT2D eigenvalue weighted by atomic mass is 35.5. The van der Waals surface area contributed by atoms with Gasteiger partial charge in [-0.15, -0.1) is 0 Å². The largest absolute Gasteiger partial charge is 0.379 e. The molecule has 1 aliphatic carbocycles. The van der Waals surface area contributed by atoms with Gasteiger partial charge >= 0.3 is 0 Å². The van der Waals surface area contributed by atoms with E-state index in [1.807, 2.05) is 12.1 Å². The van der Waals surface area contributed by atoms with Crippen molar-refractivity contribution in [3.63, 3.8) is 0 Å². The molecule has 1 heterocycles. The number of benzene rings is 1. The van der Waals surface area contributed by atoms with Crippen molar-refractivity contribution in [2.24, 2.45) is 10.7 Å². The Morgan fingerprint density at radius 1 is 1.33 bits per heavy atom. The smallest absolute Gasteiger partial charge is 0.188 e. The van der Waals surface area contributed by atoms with Crippen molar-refractivity contribution < 1.29 is 4.74 Å². The van der Waals surface area contributed by atoms with Crippen molar-refractivity contribution in [2.45, 2.75) is 24.7 Å². The van der Waals surface area contributed by atoms with Crippen LogP contribution >= 0.6 is 11.6 Å². The predicted molar refractivity (Wildman–Crippen MR) is 98.7 cm³/mol. The molecule has 1 saturated heterocycles. The van der Waals surface area contributed by atoms with Gasteiger partial charge in [-0.25, -0.2) is 0 Å². The Balaban J connectivity index is 1.40. The highest BCUT2D eigenvalue weighted by Crippen LogP contribution is 2.48. The summed E-state index contributed by atoms with van der Waals surface area (Å²) >= 11 is 6.11. The topological polar surface area (TPSA) is 62.9 Å². The fourth-order valence-corrected chi connectivity index (χ4v) is 3.33. The SMILES string of the molecule is NC(=NCC1(c2cccc(Cl)c2)CC1)NCCCN1CCOCC1. The number of morpholine rings is 1. The molecular formula is C18H27ClN4O. The molecule has 0 aromatic heterocycles. The van der Waals surface area contributed by atoms with Gasteiger partial charge < -0.3 is 15.8 Å². The molecule has 1 aromatic rings. The number of halogens is 1. The van der Waals surface area contributed by atoms with Crippen molar-refractivity contribution in [3.05, 3.63) is 34.9 Å². The third-order valence-corrected chi connectivity index (χ3v) is 5.14. The molecular weight excluding hydrogens is 324 g/mol. The number of guanidine groups is 1. The summed E-state index contributed by atoms with van der Waals surface area (Å²) in [5.74, 6) is 0.547. The van der Waals surface area contributed by atoms with Gasteiger partial charge in [-0.2, -0.15) is 0 Å². The number of nitrogens with one attached hydrogen (secondary N) is 1. The minimum atomic E-state index is 0.144. The van der Waals surface area contributed by atoms with Crippen molar-refractivity contribution in [1.29, 1.82) is 0 Å². The first-order chi connectivity index (χ1) is 11.7. The van der Waals surface area contributed by atoms with Gasteiger partial charge in [0.1, 0.15) is 0 Å². The van der Waals surface area contributed by atoms with E-state index in [1.165, 1.54) is 5.56 Å². The molecule has 24 heavy (non-hydrogen) atoms. The molecule has 0 bridgehead atoms. The maximum atomic E-state index is 6.11. The van der Waals surface area contributed by atoms with Crippen LogP contribution in [0.5, 0.6) is 0 Å². The van der Waals surface area contributed by atoms with Gasteiger partial charge in [0.15, 0.2) is 5.96 Å². The lowest BCUT2D eigenvalue weighted by Gasteiger charge is -2.26. The van der Waals surface area contributed by atoms with Crippen LogP contribution in [0, 0.1) is 0 Å². The Labute approximate surface area is 149 Å². The van der Waals surface area contributed by atoms with E-state index in [4.69, 9.17) is 22.1 Å². The summed E-state index contributed by atoms with van der Waals surface area (Å²) < 4.78 is 5.35. The van der Waals surface area contributed by atoms with Crippen molar-refractivity contribution in [2.75, 3.05) is 45.9 Å². The third kappa shape index (κ3) is 4.85. The molecule has 3 N–H and O–H groups in total. The van der Waals surface area contributed by atoms with Crippen LogP contribution in [-0.4, -0.2) is 56.8 Å². The van der Waals surface area contributed by atoms with Crippen molar-refractivity contribution in [1.82, 2.24) is 10.2 Å². The number of aliphatic imine (C=N–C) groups is 1. The molecule has 132 valence electrons. The van der Waals surface area contributed by atoms with E-state index in [0.29, 0.717) is 5.96 Å². The van der Waals surface area contributed by atoms with Crippen LogP contribution in [0.1, 0.15) is 24.8 Å². The first kappa shape index (κ1) is 17.5. The maximum absolute atomic E-state index is 6.11. The second kappa shape index (κ2) is 8.19. The number of ether oxygens (including phenoxy) is 1. The second-order valence-electron chi connectivity index (χ2n) is 6.73. The van der Waals surface area contributed by atoms with Gasteiger partial charge in [0, 0.05) is 30.1 Å². The summed E-state index contributed by atoms with van der Waals surface area (Å²) in [5.41, 5.74) is 7.44. The number of nitrogens with zero attached hydrogens (tertiary/aromatic N) is 2. The fraction of sp³-hybridized carbons (Fsp3) is 0.611. The lowest BCUT2D eigenvalue weighted by Crippen LogP contribution is -2.39. The fourth-order valence-electron chi connectivity index (χ4n) is 3.14. The average molecular weight is 351 g/mol. The second-order valence-corrected chi connectivity index (χ2v) is 7.16. The number of hydrogen-bond donors (Lipinski definition) is 2. The molecule has 0 radical (unpaired) electrons. The van der Waals surface area contributed by atoms with E-state index in [-0.39, 0.29) is 5.41 Å². The number of rotatable bonds is 7. The van der Waals surface area contributed by atoms with E-state index >= 15 is 0 Å². The zero-order valence-corrected chi connectivity index (χ0v) is 14.9. The van der Waals surface area contributed by atoms with Crippen LogP contribution < -0.4 is 11.1 Å². The zero-order valence-electron chi connectivity index (χ0n) is 14.1. The molecule has 1 saturated carbocycles. The normalized spacial score (nSPS) is 20.8. The van der Waals surface area contributed by atoms with Gasteiger partial charge in [0.2, 0.25) is 0 Å². The van der Waals surface area contributed by atoms with E-state index in [1.54, 1.807) is 0 Å². The molecule has 0 atom stereocenters. The number of hydrogen-bond acceptors (Lipinski definition) is 3. The van der Waals surface area contributed by atoms with E-state index in [0.717, 1.165) is 70.2 Å². The molecule has 0 spiro atoms. The van der Waals surface area contributed by atoms with E-state index < -0.39 is 0 Å². The minimum Gasteiger partial charge on any atom is -0.379 e. The van der Waals surface area contributed by atoms with Gasteiger partial charge in [0.05, 0.1) is 19.8 Å². The van der Waals surface area contributed by atoms with Crippen LogP contribution in [0.2, 0.25) is 5.02 Å². The third-order valence-electron chi connectivity index (χ3n) is 4.90. The Bertz CT molecular complexity index is 568. The number of nitrogens with two attached hydrogens (primary N) is 1. The summed E-state index contributed by atoms with van der Waals surface area (Å²) in [5, 5.41) is 4.02. The highest BCUT2D eigenvalue weighted by Gasteiger charge is 2.44. The molecule has 0 amide bonds. The molecule has 2 fully saturated rings. The quantitative estimate of drug-likeness (QED) is 0.448. The standard InChI is InChI=1S/C18H27ClN4O/c19-16-4-1-3-15(13-16)18(5-6-18)14-22-17(20)21-7-2-8-23-9-11-24-12-10-23/h1,3-4,13H,2,5-12,14H2,(H3,20,21,22). The Morgan fingerprint density at radius 3 is 2.83 bits per heavy atom. The summed E-state index contributed by atoms with van der Waals surface area (Å²) in [6.45, 7) is 6.44. The van der Waals surface area contributed by atoms with Crippen LogP contribution in [0.4, 0.5) is 0 Å². The maximum Gasteiger partial charge on any atom is 0.188 e.